The van der Waals surface area contributed by atoms with Crippen LogP contribution in [-0.4, -0.2) is 10.9 Å². The number of carbonyl (C=O) groups is 1. The lowest BCUT2D eigenvalue weighted by Crippen LogP contribution is -2.27. The van der Waals surface area contributed by atoms with Gasteiger partial charge in [0.15, 0.2) is 5.75 Å². The van der Waals surface area contributed by atoms with Crippen LogP contribution >= 0.6 is 11.6 Å². The van der Waals surface area contributed by atoms with Crippen LogP contribution in [0.15, 0.2) is 42.7 Å². The fraction of sp³-hybridized carbons (Fsp3) is 0.0769. The summed E-state index contributed by atoms with van der Waals surface area (Å²) in [6, 6.07) is 5.37. The number of pyridine rings is 1. The highest BCUT2D eigenvalue weighted by Crippen LogP contribution is 2.29. The second kappa shape index (κ2) is 6.01. The molecule has 1 aromatic carbocycles. The van der Waals surface area contributed by atoms with Gasteiger partial charge >= 0.3 is 6.18 Å². The lowest BCUT2D eigenvalue weighted by molar-refractivity contribution is -0.137. The van der Waals surface area contributed by atoms with E-state index < -0.39 is 17.6 Å². The number of aromatic nitrogens is 1. The van der Waals surface area contributed by atoms with Crippen LogP contribution < -0.4 is 10.3 Å². The molecule has 8 heteroatoms. The quantitative estimate of drug-likeness (QED) is 0.882. The van der Waals surface area contributed by atoms with Crippen LogP contribution in [0, 0.1) is 0 Å². The molecule has 0 aliphatic heterocycles. The minimum Gasteiger partial charge on any atom is -0.378 e. The van der Waals surface area contributed by atoms with Crippen LogP contribution in [0.1, 0.15) is 15.9 Å². The minimum atomic E-state index is -4.52. The number of benzene rings is 1. The van der Waals surface area contributed by atoms with E-state index >= 15 is 0 Å². The molecule has 0 atom stereocenters. The van der Waals surface area contributed by atoms with Crippen LogP contribution in [-0.2, 0) is 6.18 Å². The molecule has 0 spiro atoms. The summed E-state index contributed by atoms with van der Waals surface area (Å²) in [6.45, 7) is 0. The molecule has 0 aliphatic rings. The fourth-order valence-corrected chi connectivity index (χ4v) is 1.61. The number of hydrogen-bond acceptors (Lipinski definition) is 3. The van der Waals surface area contributed by atoms with Gasteiger partial charge in [0.2, 0.25) is 0 Å². The summed E-state index contributed by atoms with van der Waals surface area (Å²) in [6.07, 6.45) is -1.87. The predicted molar refractivity (Wildman–Crippen MR) is 68.8 cm³/mol. The van der Waals surface area contributed by atoms with Gasteiger partial charge in [-0.1, -0.05) is 17.7 Å². The second-order valence-corrected chi connectivity index (χ2v) is 4.39. The highest BCUT2D eigenvalue weighted by molar-refractivity contribution is 6.30. The topological polar surface area (TPSA) is 51.2 Å². The minimum absolute atomic E-state index is 0.155. The largest absolute Gasteiger partial charge is 0.416 e. The van der Waals surface area contributed by atoms with Crippen LogP contribution in [0.3, 0.4) is 0 Å². The van der Waals surface area contributed by atoms with Gasteiger partial charge < -0.3 is 4.84 Å². The molecule has 0 saturated carbocycles. The summed E-state index contributed by atoms with van der Waals surface area (Å²) >= 11 is 5.67. The Labute approximate surface area is 122 Å². The van der Waals surface area contributed by atoms with Crippen LogP contribution in [0.5, 0.6) is 5.75 Å². The van der Waals surface area contributed by atoms with Crippen molar-refractivity contribution in [3.8, 4) is 5.75 Å². The first-order chi connectivity index (χ1) is 9.86. The summed E-state index contributed by atoms with van der Waals surface area (Å²) in [4.78, 5) is 20.4. The second-order valence-electron chi connectivity index (χ2n) is 3.95. The predicted octanol–water partition coefficient (Wildman–Crippen LogP) is 3.48. The van der Waals surface area contributed by atoms with Gasteiger partial charge in [0.1, 0.15) is 0 Å². The third-order valence-electron chi connectivity index (χ3n) is 2.39. The van der Waals surface area contributed by atoms with Gasteiger partial charge in [-0.3, -0.25) is 9.78 Å². The first-order valence-corrected chi connectivity index (χ1v) is 5.99. The molecular formula is C13H8ClF3N2O2. The number of hydrogen-bond donors (Lipinski definition) is 1. The SMILES string of the molecule is O=C(NOc1cncc(Cl)c1)c1cccc(C(F)(F)F)c1. The maximum Gasteiger partial charge on any atom is 0.416 e. The number of nitrogens with one attached hydrogen (secondary N) is 1. The zero-order valence-corrected chi connectivity index (χ0v) is 11.1. The van der Waals surface area contributed by atoms with Gasteiger partial charge in [-0.15, -0.1) is 0 Å². The number of hydroxylamine groups is 1. The smallest absolute Gasteiger partial charge is 0.378 e. The molecule has 1 heterocycles. The third kappa shape index (κ3) is 4.09. The number of alkyl halides is 3. The van der Waals surface area contributed by atoms with Gasteiger partial charge in [-0.2, -0.15) is 18.7 Å². The van der Waals surface area contributed by atoms with E-state index in [2.05, 4.69) is 4.98 Å². The Kier molecular flexibility index (Phi) is 4.32. The van der Waals surface area contributed by atoms with Crippen molar-refractivity contribution < 1.29 is 22.8 Å². The number of halogens is 4. The van der Waals surface area contributed by atoms with E-state index in [-0.39, 0.29) is 11.3 Å². The highest BCUT2D eigenvalue weighted by Gasteiger charge is 2.30. The molecule has 1 amide bonds. The molecule has 0 aliphatic carbocycles. The zero-order valence-electron chi connectivity index (χ0n) is 10.3. The molecule has 2 rings (SSSR count). The Hall–Kier alpha value is -2.28. The Morgan fingerprint density at radius 2 is 2.00 bits per heavy atom. The molecule has 1 aromatic heterocycles. The zero-order chi connectivity index (χ0) is 15.5. The van der Waals surface area contributed by atoms with Crippen molar-refractivity contribution >= 4 is 17.5 Å². The summed E-state index contributed by atoms with van der Waals surface area (Å²) < 4.78 is 37.6. The Morgan fingerprint density at radius 3 is 2.67 bits per heavy atom. The number of carbonyl (C=O) groups excluding carboxylic acids is 1. The van der Waals surface area contributed by atoms with E-state index in [1.807, 2.05) is 5.48 Å². The molecule has 0 saturated heterocycles. The van der Waals surface area contributed by atoms with Crippen molar-refractivity contribution in [3.63, 3.8) is 0 Å². The molecule has 0 fully saturated rings. The summed E-state index contributed by atoms with van der Waals surface area (Å²) in [5, 5.41) is 0.292. The lowest BCUT2D eigenvalue weighted by Gasteiger charge is -2.09. The standard InChI is InChI=1S/C13H8ClF3N2O2/c14-10-5-11(7-18-6-10)21-19-12(20)8-2-1-3-9(4-8)13(15,16)17/h1-7H,(H,19,20). The Morgan fingerprint density at radius 1 is 1.24 bits per heavy atom. The normalized spacial score (nSPS) is 11.0. The molecule has 110 valence electrons. The summed E-state index contributed by atoms with van der Waals surface area (Å²) in [7, 11) is 0. The van der Waals surface area contributed by atoms with Crippen molar-refractivity contribution in [2.24, 2.45) is 0 Å². The van der Waals surface area contributed by atoms with Crippen LogP contribution in [0.4, 0.5) is 13.2 Å². The van der Waals surface area contributed by atoms with E-state index in [0.717, 1.165) is 18.2 Å². The maximum atomic E-state index is 12.5. The molecule has 4 nitrogen and oxygen atoms in total. The van der Waals surface area contributed by atoms with E-state index in [9.17, 15) is 18.0 Å². The van der Waals surface area contributed by atoms with Gasteiger partial charge in [0.05, 0.1) is 16.8 Å². The van der Waals surface area contributed by atoms with Crippen molar-refractivity contribution in [1.82, 2.24) is 10.5 Å². The van der Waals surface area contributed by atoms with E-state index in [1.165, 1.54) is 24.5 Å². The molecule has 0 unspecified atom stereocenters. The van der Waals surface area contributed by atoms with E-state index in [4.69, 9.17) is 16.4 Å². The molecule has 1 N–H and O–H groups in total. The lowest BCUT2D eigenvalue weighted by atomic mass is 10.1. The molecular weight excluding hydrogens is 309 g/mol. The third-order valence-corrected chi connectivity index (χ3v) is 2.60. The van der Waals surface area contributed by atoms with Gasteiger partial charge in [0.25, 0.3) is 5.91 Å². The van der Waals surface area contributed by atoms with Crippen molar-refractivity contribution in [3.05, 3.63) is 58.9 Å². The van der Waals surface area contributed by atoms with Crippen LogP contribution in [0.2, 0.25) is 5.02 Å². The van der Waals surface area contributed by atoms with Crippen molar-refractivity contribution in [2.75, 3.05) is 0 Å². The first kappa shape index (κ1) is 15.1. The van der Waals surface area contributed by atoms with E-state index in [1.54, 1.807) is 0 Å². The van der Waals surface area contributed by atoms with Gasteiger partial charge in [-0.05, 0) is 18.2 Å². The molecule has 2 aromatic rings. The fourth-order valence-electron chi connectivity index (χ4n) is 1.45. The Bertz CT molecular complexity index is 662. The molecule has 0 radical (unpaired) electrons. The summed E-state index contributed by atoms with van der Waals surface area (Å²) in [5.41, 5.74) is 0.918. The monoisotopic (exact) mass is 316 g/mol. The number of rotatable bonds is 3. The number of amides is 1. The summed E-state index contributed by atoms with van der Waals surface area (Å²) in [5.74, 6) is -0.663. The van der Waals surface area contributed by atoms with Crippen molar-refractivity contribution in [1.29, 1.82) is 0 Å². The maximum absolute atomic E-state index is 12.5. The Balaban J connectivity index is 2.07. The molecule has 21 heavy (non-hydrogen) atoms. The first-order valence-electron chi connectivity index (χ1n) is 5.61. The van der Waals surface area contributed by atoms with Gasteiger partial charge in [-0.25, -0.2) is 0 Å². The van der Waals surface area contributed by atoms with Crippen molar-refractivity contribution in [2.45, 2.75) is 6.18 Å². The molecule has 0 bridgehead atoms. The number of nitrogens with zero attached hydrogens (tertiary/aromatic N) is 1. The van der Waals surface area contributed by atoms with Gasteiger partial charge in [0, 0.05) is 17.8 Å². The average molecular weight is 317 g/mol. The highest BCUT2D eigenvalue weighted by atomic mass is 35.5. The average Bonchev–Trinajstić information content (AvgIpc) is 2.44. The van der Waals surface area contributed by atoms with E-state index in [0.29, 0.717) is 5.02 Å². The van der Waals surface area contributed by atoms with Crippen LogP contribution in [0.25, 0.3) is 0 Å².